The molecular weight excluding hydrogens is 418 g/mol. The second kappa shape index (κ2) is 14.0. The van der Waals surface area contributed by atoms with Gasteiger partial charge in [0.2, 0.25) is 9.64 Å². The maximum absolute atomic E-state index is 13.2. The van der Waals surface area contributed by atoms with Crippen molar-refractivity contribution >= 4 is 42.4 Å². The molecule has 0 bridgehead atoms. The van der Waals surface area contributed by atoms with Gasteiger partial charge in [-0.05, 0) is 24.7 Å². The molecule has 0 aliphatic heterocycles. The van der Waals surface area contributed by atoms with Crippen molar-refractivity contribution < 1.29 is 18.7 Å². The van der Waals surface area contributed by atoms with Crippen molar-refractivity contribution in [2.75, 3.05) is 13.2 Å². The lowest BCUT2D eigenvalue weighted by Gasteiger charge is -2.30. The van der Waals surface area contributed by atoms with E-state index in [1.165, 1.54) is 0 Å². The maximum atomic E-state index is 13.2. The average molecular weight is 454 g/mol. The minimum atomic E-state index is -3.97. The fourth-order valence-corrected chi connectivity index (χ4v) is 5.20. The first kappa shape index (κ1) is 27.0. The average Bonchev–Trinajstić information content (AvgIpc) is 2.60. The second-order valence-corrected chi connectivity index (χ2v) is 11.3. The van der Waals surface area contributed by atoms with Crippen LogP contribution in [0.5, 0.6) is 0 Å². The summed E-state index contributed by atoms with van der Waals surface area (Å²) in [6.07, 6.45) is 7.99. The molecule has 0 fully saturated rings. The van der Waals surface area contributed by atoms with Gasteiger partial charge in [-0.3, -0.25) is 4.57 Å². The smallest absolute Gasteiger partial charge is 0.363 e. The summed E-state index contributed by atoms with van der Waals surface area (Å²) in [5, 5.41) is 10.3. The van der Waals surface area contributed by atoms with Gasteiger partial charge in [0.25, 0.3) is 0 Å². The molecule has 26 heavy (non-hydrogen) atoms. The second-order valence-electron chi connectivity index (χ2n) is 6.88. The molecule has 0 heterocycles. The van der Waals surface area contributed by atoms with Crippen LogP contribution >= 0.6 is 42.4 Å². The number of halogens is 3. The van der Waals surface area contributed by atoms with Crippen LogP contribution in [0.4, 0.5) is 0 Å². The molecule has 0 aromatic heterocycles. The molecule has 0 aliphatic rings. The number of aliphatic hydroxyl groups is 1. The van der Waals surface area contributed by atoms with Crippen LogP contribution in [0.15, 0.2) is 0 Å². The third-order valence-corrected chi connectivity index (χ3v) is 7.74. The summed E-state index contributed by atoms with van der Waals surface area (Å²) < 4.78 is 22.3. The van der Waals surface area contributed by atoms with Crippen molar-refractivity contribution in [3.8, 4) is 0 Å². The quantitative estimate of drug-likeness (QED) is 0.208. The Morgan fingerprint density at radius 2 is 1.27 bits per heavy atom. The van der Waals surface area contributed by atoms with Gasteiger partial charge in [0.15, 0.2) is 0 Å². The highest BCUT2D eigenvalue weighted by Gasteiger charge is 2.48. The van der Waals surface area contributed by atoms with Crippen LogP contribution in [0.1, 0.15) is 79.1 Å². The molecule has 0 rings (SSSR count). The lowest BCUT2D eigenvalue weighted by molar-refractivity contribution is 0.112. The van der Waals surface area contributed by atoms with E-state index in [1.807, 2.05) is 0 Å². The molecule has 0 saturated heterocycles. The summed E-state index contributed by atoms with van der Waals surface area (Å²) >= 11 is 17.3. The van der Waals surface area contributed by atoms with E-state index in [1.54, 1.807) is 0 Å². The Hall–Kier alpha value is 0.980. The molecule has 3 atom stereocenters. The summed E-state index contributed by atoms with van der Waals surface area (Å²) in [6.45, 7) is 8.79. The van der Waals surface area contributed by atoms with E-state index in [9.17, 15) is 9.67 Å². The van der Waals surface area contributed by atoms with Crippen molar-refractivity contribution in [3.05, 3.63) is 0 Å². The summed E-state index contributed by atoms with van der Waals surface area (Å²) in [6, 6.07) is 0. The van der Waals surface area contributed by atoms with Gasteiger partial charge in [-0.2, -0.15) is 0 Å². The van der Waals surface area contributed by atoms with Gasteiger partial charge in [0.1, 0.15) is 0 Å². The zero-order valence-electron chi connectivity index (χ0n) is 16.6. The van der Waals surface area contributed by atoms with Crippen molar-refractivity contribution in [3.63, 3.8) is 0 Å². The van der Waals surface area contributed by atoms with Gasteiger partial charge in [0.05, 0.1) is 13.2 Å². The van der Waals surface area contributed by atoms with E-state index < -0.39 is 17.2 Å². The molecular formula is C18H36Cl3O4P. The summed E-state index contributed by atoms with van der Waals surface area (Å²) in [7, 11) is -3.97. The molecule has 4 nitrogen and oxygen atoms in total. The Morgan fingerprint density at radius 3 is 1.54 bits per heavy atom. The standard InChI is InChI=1S/C18H36Cl3O4P/c1-5-9-11-15(7-3)13-24-26(23,17(22)18(19,20)21)25-14-16(8-4)12-10-6-2/h15-17,22H,5-14H2,1-4H3. The van der Waals surface area contributed by atoms with Crippen LogP contribution in [0.25, 0.3) is 0 Å². The number of hydrogen-bond donors (Lipinski definition) is 1. The first-order chi connectivity index (χ1) is 12.1. The SMILES string of the molecule is CCCCC(CC)COP(=O)(OCC(CC)CCCC)C(O)C(Cl)(Cl)Cl. The van der Waals surface area contributed by atoms with E-state index in [4.69, 9.17) is 43.9 Å². The third-order valence-electron chi connectivity index (χ3n) is 4.66. The number of alkyl halides is 3. The highest BCUT2D eigenvalue weighted by Crippen LogP contribution is 2.59. The highest BCUT2D eigenvalue weighted by atomic mass is 35.6. The Kier molecular flexibility index (Phi) is 14.6. The van der Waals surface area contributed by atoms with Crippen molar-refractivity contribution in [2.45, 2.75) is 88.7 Å². The van der Waals surface area contributed by atoms with E-state index in [0.29, 0.717) is 0 Å². The first-order valence-electron chi connectivity index (χ1n) is 9.78. The van der Waals surface area contributed by atoms with Gasteiger partial charge in [-0.15, -0.1) is 0 Å². The van der Waals surface area contributed by atoms with Gasteiger partial charge < -0.3 is 14.2 Å². The van der Waals surface area contributed by atoms with E-state index in [0.717, 1.165) is 51.4 Å². The molecule has 158 valence electrons. The molecule has 0 amide bonds. The molecule has 0 spiro atoms. The fourth-order valence-electron chi connectivity index (χ4n) is 2.57. The Bertz CT molecular complexity index is 380. The van der Waals surface area contributed by atoms with Crippen LogP contribution in [0.3, 0.4) is 0 Å². The zero-order chi connectivity index (χ0) is 20.2. The maximum Gasteiger partial charge on any atom is 0.363 e. The minimum absolute atomic E-state index is 0.220. The summed E-state index contributed by atoms with van der Waals surface area (Å²) in [4.78, 5) is 0. The van der Waals surface area contributed by atoms with E-state index in [-0.39, 0.29) is 25.0 Å². The summed E-state index contributed by atoms with van der Waals surface area (Å²) in [5.41, 5.74) is 0. The van der Waals surface area contributed by atoms with Crippen LogP contribution < -0.4 is 0 Å². The predicted octanol–water partition coefficient (Wildman–Crippen LogP) is 7.33. The Morgan fingerprint density at radius 1 is 0.885 bits per heavy atom. The predicted molar refractivity (Wildman–Crippen MR) is 112 cm³/mol. The van der Waals surface area contributed by atoms with Crippen LogP contribution in [-0.4, -0.2) is 28.0 Å². The fraction of sp³-hybridized carbons (Fsp3) is 1.00. The van der Waals surface area contributed by atoms with Crippen LogP contribution in [-0.2, 0) is 13.6 Å². The molecule has 0 saturated carbocycles. The minimum Gasteiger partial charge on any atom is -0.377 e. The lowest BCUT2D eigenvalue weighted by atomic mass is 10.0. The van der Waals surface area contributed by atoms with Gasteiger partial charge in [0, 0.05) is 0 Å². The number of unbranched alkanes of at least 4 members (excludes halogenated alkanes) is 2. The zero-order valence-corrected chi connectivity index (χ0v) is 19.7. The Balaban J connectivity index is 5.03. The topological polar surface area (TPSA) is 55.8 Å². The van der Waals surface area contributed by atoms with Crippen molar-refractivity contribution in [2.24, 2.45) is 11.8 Å². The van der Waals surface area contributed by atoms with Gasteiger partial charge in [-0.25, -0.2) is 0 Å². The number of aliphatic hydroxyl groups excluding tert-OH is 1. The monoisotopic (exact) mass is 452 g/mol. The Labute approximate surface area is 174 Å². The van der Waals surface area contributed by atoms with Gasteiger partial charge in [-0.1, -0.05) is 101 Å². The summed E-state index contributed by atoms with van der Waals surface area (Å²) in [5.74, 6) is -1.35. The lowest BCUT2D eigenvalue weighted by Crippen LogP contribution is -2.29. The van der Waals surface area contributed by atoms with E-state index >= 15 is 0 Å². The third kappa shape index (κ3) is 10.5. The van der Waals surface area contributed by atoms with Gasteiger partial charge >= 0.3 is 7.60 Å². The number of rotatable bonds is 15. The molecule has 3 unspecified atom stereocenters. The largest absolute Gasteiger partial charge is 0.377 e. The van der Waals surface area contributed by atoms with Crippen molar-refractivity contribution in [1.29, 1.82) is 0 Å². The molecule has 0 radical (unpaired) electrons. The highest BCUT2D eigenvalue weighted by molar-refractivity contribution is 7.55. The molecule has 0 aromatic rings. The molecule has 1 N–H and O–H groups in total. The first-order valence-corrected chi connectivity index (χ1v) is 12.5. The van der Waals surface area contributed by atoms with Crippen LogP contribution in [0, 0.1) is 11.8 Å². The normalized spacial score (nSPS) is 18.3. The van der Waals surface area contributed by atoms with Crippen LogP contribution in [0.2, 0.25) is 0 Å². The van der Waals surface area contributed by atoms with E-state index in [2.05, 4.69) is 27.7 Å². The molecule has 0 aliphatic carbocycles. The number of hydrogen-bond acceptors (Lipinski definition) is 4. The molecule has 8 heteroatoms. The molecule has 0 aromatic carbocycles. The van der Waals surface area contributed by atoms with Crippen molar-refractivity contribution in [1.82, 2.24) is 0 Å².